The van der Waals surface area contributed by atoms with E-state index in [4.69, 9.17) is 11.6 Å². The van der Waals surface area contributed by atoms with Gasteiger partial charge in [-0.2, -0.15) is 0 Å². The molecule has 0 aliphatic rings. The van der Waals surface area contributed by atoms with Crippen LogP contribution >= 0.6 is 11.6 Å². The maximum absolute atomic E-state index is 13.2. The SMILES string of the molecule is Cc1ccccc1C(=O)NCC(=O)NC(C)c1ccc(F)c(Cl)c1. The van der Waals surface area contributed by atoms with Gasteiger partial charge < -0.3 is 10.6 Å². The van der Waals surface area contributed by atoms with E-state index >= 15 is 0 Å². The van der Waals surface area contributed by atoms with Crippen LogP contribution in [0.25, 0.3) is 0 Å². The van der Waals surface area contributed by atoms with Gasteiger partial charge in [0.2, 0.25) is 5.91 Å². The Kier molecular flexibility index (Phi) is 5.93. The topological polar surface area (TPSA) is 58.2 Å². The number of rotatable bonds is 5. The minimum Gasteiger partial charge on any atom is -0.348 e. The average molecular weight is 349 g/mol. The van der Waals surface area contributed by atoms with E-state index in [1.165, 1.54) is 12.1 Å². The highest BCUT2D eigenvalue weighted by molar-refractivity contribution is 6.30. The highest BCUT2D eigenvalue weighted by Gasteiger charge is 2.13. The third-order valence-electron chi connectivity index (χ3n) is 3.62. The number of hydrogen-bond donors (Lipinski definition) is 2. The first-order valence-corrected chi connectivity index (χ1v) is 7.84. The van der Waals surface area contributed by atoms with Gasteiger partial charge in [-0.1, -0.05) is 35.9 Å². The maximum Gasteiger partial charge on any atom is 0.251 e. The van der Waals surface area contributed by atoms with Crippen molar-refractivity contribution in [2.24, 2.45) is 0 Å². The van der Waals surface area contributed by atoms with E-state index in [2.05, 4.69) is 10.6 Å². The number of carbonyl (C=O) groups excluding carboxylic acids is 2. The fraction of sp³-hybridized carbons (Fsp3) is 0.222. The summed E-state index contributed by atoms with van der Waals surface area (Å²) in [5, 5.41) is 5.31. The van der Waals surface area contributed by atoms with Gasteiger partial charge in [0.05, 0.1) is 17.6 Å². The van der Waals surface area contributed by atoms with Crippen LogP contribution < -0.4 is 10.6 Å². The van der Waals surface area contributed by atoms with Crippen LogP contribution in [-0.4, -0.2) is 18.4 Å². The summed E-state index contributed by atoms with van der Waals surface area (Å²) in [4.78, 5) is 24.0. The molecule has 0 aliphatic heterocycles. The standard InChI is InChI=1S/C18H18ClFN2O2/c1-11-5-3-4-6-14(11)18(24)21-10-17(23)22-12(2)13-7-8-16(20)15(19)9-13/h3-9,12H,10H2,1-2H3,(H,21,24)(H,22,23). The first kappa shape index (κ1) is 17.9. The summed E-state index contributed by atoms with van der Waals surface area (Å²) in [7, 11) is 0. The van der Waals surface area contributed by atoms with Crippen molar-refractivity contribution in [3.63, 3.8) is 0 Å². The third-order valence-corrected chi connectivity index (χ3v) is 3.91. The van der Waals surface area contributed by atoms with Gasteiger partial charge in [0.1, 0.15) is 5.82 Å². The Morgan fingerprint density at radius 2 is 1.92 bits per heavy atom. The summed E-state index contributed by atoms with van der Waals surface area (Å²) in [6.45, 7) is 3.44. The molecule has 1 atom stereocenters. The lowest BCUT2D eigenvalue weighted by molar-refractivity contribution is -0.120. The van der Waals surface area contributed by atoms with Crippen molar-refractivity contribution in [1.82, 2.24) is 10.6 Å². The van der Waals surface area contributed by atoms with Crippen LogP contribution in [-0.2, 0) is 4.79 Å². The smallest absolute Gasteiger partial charge is 0.251 e. The summed E-state index contributed by atoms with van der Waals surface area (Å²) < 4.78 is 13.2. The first-order chi connectivity index (χ1) is 11.4. The van der Waals surface area contributed by atoms with Crippen molar-refractivity contribution in [1.29, 1.82) is 0 Å². The number of nitrogens with one attached hydrogen (secondary N) is 2. The molecule has 1 unspecified atom stereocenters. The van der Waals surface area contributed by atoms with Gasteiger partial charge in [-0.15, -0.1) is 0 Å². The van der Waals surface area contributed by atoms with Crippen LogP contribution in [0.15, 0.2) is 42.5 Å². The minimum atomic E-state index is -0.510. The van der Waals surface area contributed by atoms with Gasteiger partial charge in [0.15, 0.2) is 0 Å². The Hall–Kier alpha value is -2.40. The van der Waals surface area contributed by atoms with Crippen LogP contribution in [0.5, 0.6) is 0 Å². The number of carbonyl (C=O) groups is 2. The molecule has 0 fully saturated rings. The average Bonchev–Trinajstić information content (AvgIpc) is 2.55. The van der Waals surface area contributed by atoms with Gasteiger partial charge in [0.25, 0.3) is 5.91 Å². The number of aryl methyl sites for hydroxylation is 1. The van der Waals surface area contributed by atoms with Crippen LogP contribution in [0.3, 0.4) is 0 Å². The predicted octanol–water partition coefficient (Wildman–Crippen LogP) is 3.39. The van der Waals surface area contributed by atoms with E-state index in [1.807, 2.05) is 19.1 Å². The second-order valence-corrected chi connectivity index (χ2v) is 5.87. The summed E-state index contributed by atoms with van der Waals surface area (Å²) >= 11 is 5.74. The first-order valence-electron chi connectivity index (χ1n) is 7.46. The lowest BCUT2D eigenvalue weighted by Gasteiger charge is -2.15. The molecule has 24 heavy (non-hydrogen) atoms. The molecule has 4 nitrogen and oxygen atoms in total. The normalized spacial score (nSPS) is 11.7. The molecule has 2 amide bonds. The lowest BCUT2D eigenvalue weighted by atomic mass is 10.1. The Bertz CT molecular complexity index is 764. The van der Waals surface area contributed by atoms with Gasteiger partial charge in [-0.25, -0.2) is 4.39 Å². The molecule has 2 N–H and O–H groups in total. The van der Waals surface area contributed by atoms with Crippen LogP contribution in [0.4, 0.5) is 4.39 Å². The van der Waals surface area contributed by atoms with Crippen molar-refractivity contribution in [2.75, 3.05) is 6.54 Å². The van der Waals surface area contributed by atoms with Gasteiger partial charge in [0, 0.05) is 5.56 Å². The molecule has 0 heterocycles. The molecule has 6 heteroatoms. The molecule has 2 aromatic rings. The van der Waals surface area contributed by atoms with E-state index < -0.39 is 5.82 Å². The van der Waals surface area contributed by atoms with Crippen LogP contribution in [0, 0.1) is 12.7 Å². The second-order valence-electron chi connectivity index (χ2n) is 5.46. The van der Waals surface area contributed by atoms with E-state index in [9.17, 15) is 14.0 Å². The van der Waals surface area contributed by atoms with Crippen LogP contribution in [0.1, 0.15) is 34.5 Å². The predicted molar refractivity (Wildman–Crippen MR) is 91.5 cm³/mol. The maximum atomic E-state index is 13.2. The Labute approximate surface area is 145 Å². The highest BCUT2D eigenvalue weighted by Crippen LogP contribution is 2.20. The molecule has 126 valence electrons. The Morgan fingerprint density at radius 3 is 2.58 bits per heavy atom. The fourth-order valence-corrected chi connectivity index (χ4v) is 2.43. The number of hydrogen-bond acceptors (Lipinski definition) is 2. The van der Waals surface area contributed by atoms with E-state index in [0.29, 0.717) is 11.1 Å². The lowest BCUT2D eigenvalue weighted by Crippen LogP contribution is -2.38. The number of amides is 2. The molecular weight excluding hydrogens is 331 g/mol. The zero-order valence-electron chi connectivity index (χ0n) is 13.4. The monoisotopic (exact) mass is 348 g/mol. The summed E-state index contributed by atoms with van der Waals surface area (Å²) in [6, 6.07) is 11.1. The van der Waals surface area contributed by atoms with Crippen LogP contribution in [0.2, 0.25) is 5.02 Å². The van der Waals surface area contributed by atoms with E-state index in [1.54, 1.807) is 25.1 Å². The van der Waals surface area contributed by atoms with E-state index in [-0.39, 0.29) is 29.4 Å². The molecule has 0 aromatic heterocycles. The third kappa shape index (κ3) is 4.55. The molecule has 0 bridgehead atoms. The van der Waals surface area contributed by atoms with Crippen molar-refractivity contribution in [3.05, 3.63) is 70.0 Å². The summed E-state index contributed by atoms with van der Waals surface area (Å²) in [5.74, 6) is -1.16. The van der Waals surface area contributed by atoms with Gasteiger partial charge >= 0.3 is 0 Å². The largest absolute Gasteiger partial charge is 0.348 e. The van der Waals surface area contributed by atoms with Crippen molar-refractivity contribution in [3.8, 4) is 0 Å². The van der Waals surface area contributed by atoms with Crippen molar-refractivity contribution < 1.29 is 14.0 Å². The summed E-state index contributed by atoms with van der Waals surface area (Å²) in [5.41, 5.74) is 2.05. The summed E-state index contributed by atoms with van der Waals surface area (Å²) in [6.07, 6.45) is 0. The van der Waals surface area contributed by atoms with E-state index in [0.717, 1.165) is 5.56 Å². The van der Waals surface area contributed by atoms with Gasteiger partial charge in [-0.05, 0) is 43.2 Å². The number of benzene rings is 2. The molecule has 2 aromatic carbocycles. The zero-order chi connectivity index (χ0) is 17.7. The van der Waals surface area contributed by atoms with Crippen molar-refractivity contribution in [2.45, 2.75) is 19.9 Å². The molecule has 0 saturated carbocycles. The number of halogens is 2. The molecule has 0 spiro atoms. The van der Waals surface area contributed by atoms with Crippen molar-refractivity contribution >= 4 is 23.4 Å². The molecule has 0 radical (unpaired) electrons. The molecule has 2 rings (SSSR count). The fourth-order valence-electron chi connectivity index (χ4n) is 2.24. The molecule has 0 aliphatic carbocycles. The Balaban J connectivity index is 1.90. The van der Waals surface area contributed by atoms with Gasteiger partial charge in [-0.3, -0.25) is 9.59 Å². The minimum absolute atomic E-state index is 0.00135. The second kappa shape index (κ2) is 7.93. The zero-order valence-corrected chi connectivity index (χ0v) is 14.2. The molecular formula is C18H18ClFN2O2. The highest BCUT2D eigenvalue weighted by atomic mass is 35.5. The quantitative estimate of drug-likeness (QED) is 0.870. The Morgan fingerprint density at radius 1 is 1.21 bits per heavy atom. The molecule has 0 saturated heterocycles.